The minimum Gasteiger partial charge on any atom is -0.398 e. The summed E-state index contributed by atoms with van der Waals surface area (Å²) in [7, 11) is -4.46. The van der Waals surface area contributed by atoms with Crippen LogP contribution in [0.15, 0.2) is 75.8 Å². The number of azo groups is 1. The molecule has 0 heterocycles. The number of benzene rings is 3. The van der Waals surface area contributed by atoms with Crippen molar-refractivity contribution in [3.8, 4) is 0 Å². The van der Waals surface area contributed by atoms with Gasteiger partial charge in [0.1, 0.15) is 10.6 Å². The van der Waals surface area contributed by atoms with Gasteiger partial charge < -0.3 is 5.73 Å². The van der Waals surface area contributed by atoms with E-state index in [2.05, 4.69) is 10.2 Å². The van der Waals surface area contributed by atoms with E-state index >= 15 is 0 Å². The first-order chi connectivity index (χ1) is 11.0. The lowest BCUT2D eigenvalue weighted by Gasteiger charge is -2.08. The summed E-state index contributed by atoms with van der Waals surface area (Å²) in [5.74, 6) is 0. The standard InChI is InChI=1S/C16H13N3O3S/c17-13-8-4-5-11-9-10-14(23(20,21)22)16(15(11)13)19-18-12-6-2-1-3-7-12/h1-10H,17H2,(H,20,21,22). The monoisotopic (exact) mass is 327 g/mol. The highest BCUT2D eigenvalue weighted by Gasteiger charge is 2.19. The molecule has 0 fully saturated rings. The third kappa shape index (κ3) is 3.05. The van der Waals surface area contributed by atoms with E-state index in [9.17, 15) is 13.0 Å². The molecule has 0 aromatic heterocycles. The van der Waals surface area contributed by atoms with Crippen LogP contribution in [0.4, 0.5) is 17.1 Å². The van der Waals surface area contributed by atoms with Crippen molar-refractivity contribution in [3.05, 3.63) is 60.7 Å². The van der Waals surface area contributed by atoms with Crippen molar-refractivity contribution in [2.75, 3.05) is 5.73 Å². The zero-order valence-corrected chi connectivity index (χ0v) is 12.7. The van der Waals surface area contributed by atoms with E-state index in [4.69, 9.17) is 5.73 Å². The molecule has 0 saturated heterocycles. The smallest absolute Gasteiger partial charge is 0.296 e. The number of fused-ring (bicyclic) bond motifs is 1. The molecule has 7 heteroatoms. The number of nitrogens with two attached hydrogens (primary N) is 1. The average Bonchev–Trinajstić information content (AvgIpc) is 2.52. The third-order valence-electron chi connectivity index (χ3n) is 3.31. The van der Waals surface area contributed by atoms with Crippen LogP contribution in [-0.4, -0.2) is 13.0 Å². The van der Waals surface area contributed by atoms with Crippen molar-refractivity contribution in [3.63, 3.8) is 0 Å². The SMILES string of the molecule is Nc1cccc2ccc(S(=O)(=O)O)c(N=Nc3ccccc3)c12. The van der Waals surface area contributed by atoms with Crippen LogP contribution in [0, 0.1) is 0 Å². The Morgan fingerprint density at radius 2 is 1.61 bits per heavy atom. The Balaban J connectivity index is 2.29. The molecule has 116 valence electrons. The van der Waals surface area contributed by atoms with Crippen molar-refractivity contribution in [1.29, 1.82) is 0 Å². The molecule has 0 amide bonds. The Morgan fingerprint density at radius 3 is 2.30 bits per heavy atom. The fraction of sp³-hybridized carbons (Fsp3) is 0. The maximum Gasteiger partial charge on any atom is 0.296 e. The molecule has 3 aromatic carbocycles. The Labute approximate surface area is 133 Å². The minimum atomic E-state index is -4.46. The second-order valence-corrected chi connectivity index (χ2v) is 6.26. The fourth-order valence-corrected chi connectivity index (χ4v) is 2.91. The molecule has 0 radical (unpaired) electrons. The van der Waals surface area contributed by atoms with E-state index in [1.54, 1.807) is 48.5 Å². The van der Waals surface area contributed by atoms with Gasteiger partial charge >= 0.3 is 0 Å². The van der Waals surface area contributed by atoms with Crippen molar-refractivity contribution < 1.29 is 13.0 Å². The predicted molar refractivity (Wildman–Crippen MR) is 88.8 cm³/mol. The molecular formula is C16H13N3O3S. The van der Waals surface area contributed by atoms with Crippen LogP contribution in [0.5, 0.6) is 0 Å². The van der Waals surface area contributed by atoms with E-state index in [1.165, 1.54) is 6.07 Å². The first-order valence-electron chi connectivity index (χ1n) is 6.72. The molecule has 0 aliphatic carbocycles. The molecule has 3 rings (SSSR count). The number of anilines is 1. The summed E-state index contributed by atoms with van der Waals surface area (Å²) < 4.78 is 32.7. The summed E-state index contributed by atoms with van der Waals surface area (Å²) in [6.45, 7) is 0. The van der Waals surface area contributed by atoms with Gasteiger partial charge in [-0.2, -0.15) is 13.5 Å². The van der Waals surface area contributed by atoms with Crippen LogP contribution in [0.2, 0.25) is 0 Å². The summed E-state index contributed by atoms with van der Waals surface area (Å²) in [6, 6.07) is 16.9. The predicted octanol–water partition coefficient (Wildman–Crippen LogP) is 4.08. The number of nitrogens with zero attached hydrogens (tertiary/aromatic N) is 2. The first-order valence-corrected chi connectivity index (χ1v) is 8.16. The molecule has 3 aromatic rings. The van der Waals surface area contributed by atoms with E-state index < -0.39 is 10.1 Å². The summed E-state index contributed by atoms with van der Waals surface area (Å²) in [5.41, 5.74) is 6.89. The molecule has 0 spiro atoms. The Kier molecular flexibility index (Phi) is 3.81. The number of hydrogen-bond donors (Lipinski definition) is 2. The van der Waals surface area contributed by atoms with E-state index in [1.807, 2.05) is 6.07 Å². The van der Waals surface area contributed by atoms with Gasteiger partial charge in [0.25, 0.3) is 10.1 Å². The van der Waals surface area contributed by atoms with Crippen LogP contribution in [0.3, 0.4) is 0 Å². The number of rotatable bonds is 3. The van der Waals surface area contributed by atoms with E-state index in [0.29, 0.717) is 22.1 Å². The van der Waals surface area contributed by atoms with Gasteiger partial charge in [0, 0.05) is 11.1 Å². The van der Waals surface area contributed by atoms with Gasteiger partial charge in [-0.05, 0) is 29.7 Å². The van der Waals surface area contributed by atoms with E-state index in [0.717, 1.165) is 0 Å². The average molecular weight is 327 g/mol. The van der Waals surface area contributed by atoms with Gasteiger partial charge in [-0.1, -0.05) is 36.4 Å². The van der Waals surface area contributed by atoms with E-state index in [-0.39, 0.29) is 10.6 Å². The molecule has 0 bridgehead atoms. The summed E-state index contributed by atoms with van der Waals surface area (Å²) >= 11 is 0. The highest BCUT2D eigenvalue weighted by molar-refractivity contribution is 7.86. The zero-order chi connectivity index (χ0) is 16.4. The summed E-state index contributed by atoms with van der Waals surface area (Å²) in [6.07, 6.45) is 0. The van der Waals surface area contributed by atoms with Crippen LogP contribution in [-0.2, 0) is 10.1 Å². The molecule has 0 atom stereocenters. The number of nitrogen functional groups attached to an aromatic ring is 1. The lowest BCUT2D eigenvalue weighted by atomic mass is 10.1. The highest BCUT2D eigenvalue weighted by Crippen LogP contribution is 2.37. The third-order valence-corrected chi connectivity index (χ3v) is 4.20. The maximum absolute atomic E-state index is 11.6. The summed E-state index contributed by atoms with van der Waals surface area (Å²) in [4.78, 5) is -0.331. The molecule has 23 heavy (non-hydrogen) atoms. The molecule has 0 aliphatic heterocycles. The van der Waals surface area contributed by atoms with Crippen LogP contribution >= 0.6 is 0 Å². The van der Waals surface area contributed by atoms with Crippen molar-refractivity contribution in [1.82, 2.24) is 0 Å². The summed E-state index contributed by atoms with van der Waals surface area (Å²) in [5, 5.41) is 9.21. The van der Waals surface area contributed by atoms with Gasteiger partial charge in [-0.15, -0.1) is 5.11 Å². The van der Waals surface area contributed by atoms with Crippen LogP contribution in [0.1, 0.15) is 0 Å². The number of hydrogen-bond acceptors (Lipinski definition) is 5. The molecular weight excluding hydrogens is 314 g/mol. The van der Waals surface area contributed by atoms with Gasteiger partial charge in [0.2, 0.25) is 0 Å². The second-order valence-electron chi connectivity index (χ2n) is 4.87. The minimum absolute atomic E-state index is 0.0203. The largest absolute Gasteiger partial charge is 0.398 e. The quantitative estimate of drug-likeness (QED) is 0.429. The first kappa shape index (κ1) is 15.1. The van der Waals surface area contributed by atoms with Gasteiger partial charge in [-0.3, -0.25) is 4.55 Å². The Hall–Kier alpha value is -2.77. The lowest BCUT2D eigenvalue weighted by molar-refractivity contribution is 0.483. The van der Waals surface area contributed by atoms with Gasteiger partial charge in [0.15, 0.2) is 0 Å². The molecule has 6 nitrogen and oxygen atoms in total. The topological polar surface area (TPSA) is 105 Å². The molecule has 0 saturated carbocycles. The Bertz CT molecular complexity index is 1000. The fourth-order valence-electron chi connectivity index (χ4n) is 2.28. The van der Waals surface area contributed by atoms with Gasteiger partial charge in [0.05, 0.1) is 5.69 Å². The lowest BCUT2D eigenvalue weighted by Crippen LogP contribution is -1.99. The molecule has 0 aliphatic rings. The zero-order valence-electron chi connectivity index (χ0n) is 11.9. The highest BCUT2D eigenvalue weighted by atomic mass is 32.2. The maximum atomic E-state index is 11.6. The molecule has 0 unspecified atom stereocenters. The Morgan fingerprint density at radius 1 is 0.870 bits per heavy atom. The van der Waals surface area contributed by atoms with Crippen molar-refractivity contribution in [2.45, 2.75) is 4.90 Å². The second kappa shape index (κ2) is 5.79. The van der Waals surface area contributed by atoms with Crippen LogP contribution in [0.25, 0.3) is 10.8 Å². The molecule has 3 N–H and O–H groups in total. The van der Waals surface area contributed by atoms with Crippen molar-refractivity contribution >= 4 is 38.0 Å². The van der Waals surface area contributed by atoms with Crippen molar-refractivity contribution in [2.24, 2.45) is 10.2 Å². The van der Waals surface area contributed by atoms with Gasteiger partial charge in [-0.25, -0.2) is 0 Å². The normalized spacial score (nSPS) is 12.0. The van der Waals surface area contributed by atoms with Crippen LogP contribution < -0.4 is 5.73 Å².